The van der Waals surface area contributed by atoms with Gasteiger partial charge in [0, 0.05) is 30.2 Å². The fourth-order valence-electron chi connectivity index (χ4n) is 3.36. The Morgan fingerprint density at radius 2 is 2.08 bits per heavy atom. The lowest BCUT2D eigenvalue weighted by Crippen LogP contribution is -2.52. The molecule has 126 valence electrons. The normalized spacial score (nSPS) is 22.7. The topological polar surface area (TPSA) is 31.7 Å². The first kappa shape index (κ1) is 15.4. The minimum atomic E-state index is -4.24. The van der Waals surface area contributed by atoms with Crippen LogP contribution >= 0.6 is 0 Å². The van der Waals surface area contributed by atoms with Crippen LogP contribution in [0.5, 0.6) is 0 Å². The van der Waals surface area contributed by atoms with Gasteiger partial charge in [0.2, 0.25) is 0 Å². The van der Waals surface area contributed by atoms with Gasteiger partial charge in [-0.1, -0.05) is 0 Å². The average molecular weight is 334 g/mol. The van der Waals surface area contributed by atoms with Crippen LogP contribution < -0.4 is 0 Å². The molecule has 0 amide bonds. The largest absolute Gasteiger partial charge is 0.406 e. The second-order valence-electron chi connectivity index (χ2n) is 6.34. The number of aromatic nitrogens is 1. The molecule has 0 radical (unpaired) electrons. The number of hydrogen-bond donors (Lipinski definition) is 0. The highest BCUT2D eigenvalue weighted by Crippen LogP contribution is 2.46. The van der Waals surface area contributed by atoms with Gasteiger partial charge in [-0.05, 0) is 50.0 Å². The minimum Gasteiger partial charge on any atom is -0.264 e. The number of hydrazine groups is 1. The van der Waals surface area contributed by atoms with Crippen LogP contribution in [0, 0.1) is 5.92 Å². The molecule has 3 heterocycles. The lowest BCUT2D eigenvalue weighted by molar-refractivity contribution is -0.212. The van der Waals surface area contributed by atoms with Crippen LogP contribution in [0.15, 0.2) is 53.2 Å². The van der Waals surface area contributed by atoms with E-state index >= 15 is 0 Å². The molecular formula is C17H17F3N4. The van der Waals surface area contributed by atoms with Crippen molar-refractivity contribution in [2.45, 2.75) is 32.0 Å². The second-order valence-corrected chi connectivity index (χ2v) is 6.34. The first-order valence-electron chi connectivity index (χ1n) is 7.96. The van der Waals surface area contributed by atoms with Gasteiger partial charge in [-0.2, -0.15) is 18.2 Å². The fraction of sp³-hybridized carbons (Fsp3) is 0.412. The van der Waals surface area contributed by atoms with Crippen molar-refractivity contribution in [3.8, 4) is 0 Å². The molecule has 7 heteroatoms. The van der Waals surface area contributed by atoms with Crippen molar-refractivity contribution in [3.05, 3.63) is 53.8 Å². The molecule has 24 heavy (non-hydrogen) atoms. The Kier molecular flexibility index (Phi) is 3.49. The van der Waals surface area contributed by atoms with E-state index in [0.29, 0.717) is 18.7 Å². The first-order chi connectivity index (χ1) is 11.4. The van der Waals surface area contributed by atoms with Crippen LogP contribution in [0.1, 0.15) is 25.3 Å². The molecule has 1 saturated carbocycles. The molecule has 1 atom stereocenters. The molecular weight excluding hydrogens is 317 g/mol. The van der Waals surface area contributed by atoms with Crippen molar-refractivity contribution in [1.29, 1.82) is 0 Å². The maximum absolute atomic E-state index is 13.5. The minimum absolute atomic E-state index is 0.227. The zero-order chi connectivity index (χ0) is 16.9. The van der Waals surface area contributed by atoms with E-state index < -0.39 is 12.2 Å². The van der Waals surface area contributed by atoms with Crippen molar-refractivity contribution in [2.24, 2.45) is 10.9 Å². The Hall–Kier alpha value is -2.15. The number of halogens is 3. The first-order valence-corrected chi connectivity index (χ1v) is 7.96. The van der Waals surface area contributed by atoms with E-state index in [9.17, 15) is 13.2 Å². The molecule has 1 aromatic heterocycles. The number of hydrogen-bond acceptors (Lipinski definition) is 4. The van der Waals surface area contributed by atoms with Gasteiger partial charge in [-0.25, -0.2) is 4.99 Å². The molecule has 1 aliphatic carbocycles. The number of allylic oxidation sites excluding steroid dienone is 2. The van der Waals surface area contributed by atoms with Gasteiger partial charge in [-0.3, -0.25) is 9.99 Å². The predicted octanol–water partition coefficient (Wildman–Crippen LogP) is 3.50. The van der Waals surface area contributed by atoms with Crippen molar-refractivity contribution < 1.29 is 13.2 Å². The lowest BCUT2D eigenvalue weighted by Gasteiger charge is -2.39. The molecule has 0 N–H and O–H groups in total. The van der Waals surface area contributed by atoms with Crippen LogP contribution in [-0.2, 0) is 0 Å². The summed E-state index contributed by atoms with van der Waals surface area (Å²) in [5.41, 5.74) is 2.31. The van der Waals surface area contributed by atoms with Gasteiger partial charge in [0.05, 0.1) is 5.71 Å². The van der Waals surface area contributed by atoms with Gasteiger partial charge < -0.3 is 0 Å². The number of aliphatic imine (C=N–C) groups is 1. The van der Waals surface area contributed by atoms with Gasteiger partial charge in [-0.15, -0.1) is 0 Å². The summed E-state index contributed by atoms with van der Waals surface area (Å²) in [7, 11) is 0. The van der Waals surface area contributed by atoms with E-state index in [1.807, 2.05) is 25.1 Å². The zero-order valence-electron chi connectivity index (χ0n) is 13.2. The van der Waals surface area contributed by atoms with Crippen LogP contribution in [0.25, 0.3) is 0 Å². The summed E-state index contributed by atoms with van der Waals surface area (Å²) >= 11 is 0. The SMILES string of the molecule is CC1=CC(c2cccnc2)=NC2=CCN([C@H](C3CC3)C(F)(F)F)N12. The molecule has 0 saturated heterocycles. The van der Waals surface area contributed by atoms with Crippen molar-refractivity contribution in [3.63, 3.8) is 0 Å². The Morgan fingerprint density at radius 3 is 2.71 bits per heavy atom. The summed E-state index contributed by atoms with van der Waals surface area (Å²) < 4.78 is 40.6. The number of fused-ring (bicyclic) bond motifs is 1. The number of nitrogens with zero attached hydrogens (tertiary/aromatic N) is 4. The number of alkyl halides is 3. The summed E-state index contributed by atoms with van der Waals surface area (Å²) in [6, 6.07) is 2.27. The standard InChI is InChI=1S/C17H17F3N4/c1-11-9-14(13-3-2-7-21-10-13)22-15-6-8-23(24(11)15)16(12-4-5-12)17(18,19)20/h2-3,6-7,9-10,12,16H,4-5,8H2,1H3/t16-/m1/s1. The third kappa shape index (κ3) is 2.62. The molecule has 0 unspecified atom stereocenters. The third-order valence-corrected chi connectivity index (χ3v) is 4.53. The lowest BCUT2D eigenvalue weighted by atomic mass is 10.1. The van der Waals surface area contributed by atoms with E-state index in [1.54, 1.807) is 23.5 Å². The Balaban J connectivity index is 1.65. The van der Waals surface area contributed by atoms with E-state index in [1.165, 1.54) is 5.01 Å². The molecule has 2 aliphatic heterocycles. The Bertz CT molecular complexity index is 732. The van der Waals surface area contributed by atoms with Gasteiger partial charge in [0.1, 0.15) is 11.9 Å². The van der Waals surface area contributed by atoms with E-state index in [0.717, 1.165) is 17.0 Å². The van der Waals surface area contributed by atoms with Crippen LogP contribution in [0.4, 0.5) is 13.2 Å². The predicted molar refractivity (Wildman–Crippen MR) is 83.7 cm³/mol. The van der Waals surface area contributed by atoms with E-state index in [2.05, 4.69) is 9.98 Å². The fourth-order valence-corrected chi connectivity index (χ4v) is 3.36. The molecule has 3 aliphatic rings. The Morgan fingerprint density at radius 1 is 1.29 bits per heavy atom. The van der Waals surface area contributed by atoms with Gasteiger partial charge in [0.15, 0.2) is 0 Å². The van der Waals surface area contributed by atoms with Crippen LogP contribution in [0.3, 0.4) is 0 Å². The molecule has 0 spiro atoms. The number of pyridine rings is 1. The summed E-state index contributed by atoms with van der Waals surface area (Å²) in [5, 5.41) is 3.01. The second kappa shape index (κ2) is 5.44. The molecule has 4 nitrogen and oxygen atoms in total. The van der Waals surface area contributed by atoms with E-state index in [4.69, 9.17) is 0 Å². The Labute approximate surface area is 138 Å². The number of rotatable bonds is 3. The van der Waals surface area contributed by atoms with Gasteiger partial charge >= 0.3 is 6.18 Å². The highest BCUT2D eigenvalue weighted by molar-refractivity contribution is 6.09. The van der Waals surface area contributed by atoms with Crippen LogP contribution in [-0.4, -0.2) is 39.5 Å². The molecule has 1 fully saturated rings. The quantitative estimate of drug-likeness (QED) is 0.848. The molecule has 4 rings (SSSR count). The molecule has 0 bridgehead atoms. The van der Waals surface area contributed by atoms with Crippen molar-refractivity contribution in [1.82, 2.24) is 15.0 Å². The van der Waals surface area contributed by atoms with Crippen molar-refractivity contribution >= 4 is 5.71 Å². The zero-order valence-corrected chi connectivity index (χ0v) is 13.2. The average Bonchev–Trinajstić information content (AvgIpc) is 3.26. The van der Waals surface area contributed by atoms with Crippen LogP contribution in [0.2, 0.25) is 0 Å². The smallest absolute Gasteiger partial charge is 0.264 e. The maximum Gasteiger partial charge on any atom is 0.406 e. The summed E-state index contributed by atoms with van der Waals surface area (Å²) in [6.07, 6.45) is 3.98. The molecule has 0 aromatic carbocycles. The summed E-state index contributed by atoms with van der Waals surface area (Å²) in [5.74, 6) is 0.248. The monoisotopic (exact) mass is 334 g/mol. The summed E-state index contributed by atoms with van der Waals surface area (Å²) in [6.45, 7) is 2.04. The molecule has 1 aromatic rings. The highest BCUT2D eigenvalue weighted by Gasteiger charge is 2.54. The van der Waals surface area contributed by atoms with Crippen molar-refractivity contribution in [2.75, 3.05) is 6.54 Å². The maximum atomic E-state index is 13.5. The van der Waals surface area contributed by atoms with Gasteiger partial charge in [0.25, 0.3) is 0 Å². The van der Waals surface area contributed by atoms with E-state index in [-0.39, 0.29) is 12.5 Å². The third-order valence-electron chi connectivity index (χ3n) is 4.53. The summed E-state index contributed by atoms with van der Waals surface area (Å²) in [4.78, 5) is 8.61. The highest BCUT2D eigenvalue weighted by atomic mass is 19.4.